The second-order valence-corrected chi connectivity index (χ2v) is 6.50. The van der Waals surface area contributed by atoms with Gasteiger partial charge in [-0.25, -0.2) is 9.82 Å². The van der Waals surface area contributed by atoms with Crippen LogP contribution in [0.2, 0.25) is 0 Å². The molecular formula is C22H21FN4O3. The van der Waals surface area contributed by atoms with E-state index in [9.17, 15) is 14.0 Å². The van der Waals surface area contributed by atoms with E-state index in [1.807, 2.05) is 19.9 Å². The summed E-state index contributed by atoms with van der Waals surface area (Å²) in [4.78, 5) is 24.0. The Morgan fingerprint density at radius 2 is 1.77 bits per heavy atom. The fourth-order valence-corrected chi connectivity index (χ4v) is 3.00. The summed E-state index contributed by atoms with van der Waals surface area (Å²) >= 11 is 0. The van der Waals surface area contributed by atoms with Crippen LogP contribution in [0.25, 0.3) is 5.69 Å². The Hall–Kier alpha value is -3.94. The van der Waals surface area contributed by atoms with Crippen molar-refractivity contribution in [1.82, 2.24) is 9.99 Å². The molecule has 154 valence electrons. The summed E-state index contributed by atoms with van der Waals surface area (Å²) in [6.07, 6.45) is 1.41. The maximum Gasteiger partial charge on any atom is 0.329 e. The van der Waals surface area contributed by atoms with E-state index in [0.717, 1.165) is 11.4 Å². The summed E-state index contributed by atoms with van der Waals surface area (Å²) in [5.74, 6) is -1.47. The average molecular weight is 408 g/mol. The SMILES string of the molecule is COc1ccc(NC(=O)C(=O)N/N=C\c2cc(C)n(-c3ccccc3F)c2C)cc1. The van der Waals surface area contributed by atoms with Crippen molar-refractivity contribution in [3.05, 3.63) is 77.4 Å². The molecule has 0 saturated heterocycles. The van der Waals surface area contributed by atoms with Gasteiger partial charge in [0.2, 0.25) is 0 Å². The summed E-state index contributed by atoms with van der Waals surface area (Å²) in [6, 6.07) is 14.8. The lowest BCUT2D eigenvalue weighted by Gasteiger charge is -2.10. The molecule has 0 unspecified atom stereocenters. The number of nitrogens with zero attached hydrogens (tertiary/aromatic N) is 2. The predicted octanol–water partition coefficient (Wildman–Crippen LogP) is 3.33. The van der Waals surface area contributed by atoms with Crippen molar-refractivity contribution in [1.29, 1.82) is 0 Å². The molecule has 8 heteroatoms. The molecule has 1 heterocycles. The molecule has 3 aromatic rings. The highest BCUT2D eigenvalue weighted by molar-refractivity contribution is 6.39. The van der Waals surface area contributed by atoms with E-state index < -0.39 is 11.8 Å². The third kappa shape index (κ3) is 4.54. The Labute approximate surface area is 173 Å². The van der Waals surface area contributed by atoms with Gasteiger partial charge in [0.25, 0.3) is 0 Å². The van der Waals surface area contributed by atoms with Crippen LogP contribution in [0.1, 0.15) is 17.0 Å². The van der Waals surface area contributed by atoms with Gasteiger partial charge >= 0.3 is 11.8 Å². The second kappa shape index (κ2) is 9.04. The second-order valence-electron chi connectivity index (χ2n) is 6.50. The molecule has 2 aromatic carbocycles. The molecule has 0 aliphatic rings. The van der Waals surface area contributed by atoms with Gasteiger partial charge in [-0.2, -0.15) is 5.10 Å². The zero-order chi connectivity index (χ0) is 21.7. The number of aromatic nitrogens is 1. The van der Waals surface area contributed by atoms with Crippen molar-refractivity contribution < 1.29 is 18.7 Å². The van der Waals surface area contributed by atoms with Crippen LogP contribution in [0.3, 0.4) is 0 Å². The predicted molar refractivity (Wildman–Crippen MR) is 113 cm³/mol. The Balaban J connectivity index is 1.66. The molecule has 3 rings (SSSR count). The van der Waals surface area contributed by atoms with Crippen LogP contribution >= 0.6 is 0 Å². The van der Waals surface area contributed by atoms with Crippen molar-refractivity contribution in [2.45, 2.75) is 13.8 Å². The molecule has 0 radical (unpaired) electrons. The number of carbonyl (C=O) groups excluding carboxylic acids is 2. The Bertz CT molecular complexity index is 1100. The van der Waals surface area contributed by atoms with Gasteiger partial charge in [-0.3, -0.25) is 9.59 Å². The number of benzene rings is 2. The average Bonchev–Trinajstić information content (AvgIpc) is 3.02. The number of amides is 2. The Morgan fingerprint density at radius 1 is 1.07 bits per heavy atom. The molecule has 0 saturated carbocycles. The molecule has 0 atom stereocenters. The molecule has 0 bridgehead atoms. The maximum atomic E-state index is 14.1. The van der Waals surface area contributed by atoms with E-state index in [-0.39, 0.29) is 5.82 Å². The Kier molecular flexibility index (Phi) is 6.26. The molecule has 0 aliphatic heterocycles. The smallest absolute Gasteiger partial charge is 0.329 e. The highest BCUT2D eigenvalue weighted by atomic mass is 19.1. The van der Waals surface area contributed by atoms with Gasteiger partial charge in [-0.05, 0) is 56.3 Å². The van der Waals surface area contributed by atoms with Gasteiger partial charge in [-0.1, -0.05) is 12.1 Å². The van der Waals surface area contributed by atoms with E-state index in [2.05, 4.69) is 15.8 Å². The van der Waals surface area contributed by atoms with Gasteiger partial charge in [0, 0.05) is 22.6 Å². The lowest BCUT2D eigenvalue weighted by Crippen LogP contribution is -2.32. The summed E-state index contributed by atoms with van der Waals surface area (Å²) in [5.41, 5.74) is 5.31. The largest absolute Gasteiger partial charge is 0.497 e. The van der Waals surface area contributed by atoms with Crippen molar-refractivity contribution in [2.75, 3.05) is 12.4 Å². The van der Waals surface area contributed by atoms with Gasteiger partial charge in [0.15, 0.2) is 0 Å². The van der Waals surface area contributed by atoms with Crippen molar-refractivity contribution in [3.8, 4) is 11.4 Å². The first-order valence-corrected chi connectivity index (χ1v) is 9.13. The van der Waals surface area contributed by atoms with E-state index in [1.54, 1.807) is 47.0 Å². The van der Waals surface area contributed by atoms with E-state index in [4.69, 9.17) is 4.74 Å². The van der Waals surface area contributed by atoms with Gasteiger partial charge in [0.1, 0.15) is 11.6 Å². The molecule has 0 aliphatic carbocycles. The number of rotatable bonds is 5. The first kappa shape index (κ1) is 20.8. The number of methoxy groups -OCH3 is 1. The van der Waals surface area contributed by atoms with E-state index >= 15 is 0 Å². The zero-order valence-corrected chi connectivity index (χ0v) is 16.8. The molecule has 2 N–H and O–H groups in total. The highest BCUT2D eigenvalue weighted by Gasteiger charge is 2.14. The van der Waals surface area contributed by atoms with Gasteiger partial charge in [0.05, 0.1) is 19.0 Å². The normalized spacial score (nSPS) is 10.8. The van der Waals surface area contributed by atoms with Crippen molar-refractivity contribution >= 4 is 23.7 Å². The number of hydrazone groups is 1. The fourth-order valence-electron chi connectivity index (χ4n) is 3.00. The molecule has 0 fully saturated rings. The lowest BCUT2D eigenvalue weighted by atomic mass is 10.2. The number of ether oxygens (including phenoxy) is 1. The number of hydrogen-bond acceptors (Lipinski definition) is 4. The van der Waals surface area contributed by atoms with Gasteiger partial charge < -0.3 is 14.6 Å². The van der Waals surface area contributed by atoms with Gasteiger partial charge in [-0.15, -0.1) is 0 Å². The number of aryl methyl sites for hydroxylation is 1. The summed E-state index contributed by atoms with van der Waals surface area (Å²) in [7, 11) is 1.53. The number of carbonyl (C=O) groups is 2. The Morgan fingerprint density at radius 3 is 2.43 bits per heavy atom. The van der Waals surface area contributed by atoms with Crippen LogP contribution in [0, 0.1) is 19.7 Å². The molecule has 2 amide bonds. The topological polar surface area (TPSA) is 84.7 Å². The van der Waals surface area contributed by atoms with Crippen LogP contribution in [0.15, 0.2) is 59.7 Å². The molecule has 1 aromatic heterocycles. The lowest BCUT2D eigenvalue weighted by molar-refractivity contribution is -0.136. The highest BCUT2D eigenvalue weighted by Crippen LogP contribution is 2.21. The third-order valence-corrected chi connectivity index (χ3v) is 4.49. The third-order valence-electron chi connectivity index (χ3n) is 4.49. The summed E-state index contributed by atoms with van der Waals surface area (Å²) < 4.78 is 20.9. The monoisotopic (exact) mass is 408 g/mol. The molecule has 0 spiro atoms. The maximum absolute atomic E-state index is 14.1. The van der Waals surface area contributed by atoms with Crippen molar-refractivity contribution in [3.63, 3.8) is 0 Å². The zero-order valence-electron chi connectivity index (χ0n) is 16.8. The molecule has 7 nitrogen and oxygen atoms in total. The van der Waals surface area contributed by atoms with Crippen LogP contribution in [-0.4, -0.2) is 29.7 Å². The minimum atomic E-state index is -0.912. The quantitative estimate of drug-likeness (QED) is 0.386. The fraction of sp³-hybridized carbons (Fsp3) is 0.136. The number of anilines is 1. The van der Waals surface area contributed by atoms with E-state index in [1.165, 1.54) is 19.4 Å². The minimum Gasteiger partial charge on any atom is -0.497 e. The summed E-state index contributed by atoms with van der Waals surface area (Å²) in [5, 5.41) is 6.32. The first-order valence-electron chi connectivity index (χ1n) is 9.13. The minimum absolute atomic E-state index is 0.341. The van der Waals surface area contributed by atoms with Crippen LogP contribution in [0.5, 0.6) is 5.75 Å². The standard InChI is InChI=1S/C22H21FN4O3/c1-14-12-16(15(2)27(14)20-7-5-4-6-19(20)23)13-24-26-22(29)21(28)25-17-8-10-18(30-3)11-9-17/h4-13H,1-3H3,(H,25,28)(H,26,29)/b24-13-. The van der Waals surface area contributed by atoms with Crippen LogP contribution < -0.4 is 15.5 Å². The molecular weight excluding hydrogens is 387 g/mol. The number of hydrogen-bond donors (Lipinski definition) is 2. The van der Waals surface area contributed by atoms with E-state index in [0.29, 0.717) is 22.7 Å². The van der Waals surface area contributed by atoms with Crippen LogP contribution in [0.4, 0.5) is 10.1 Å². The number of halogens is 1. The molecule has 30 heavy (non-hydrogen) atoms. The summed E-state index contributed by atoms with van der Waals surface area (Å²) in [6.45, 7) is 3.66. The number of para-hydroxylation sites is 1. The first-order chi connectivity index (χ1) is 14.4. The van der Waals surface area contributed by atoms with Crippen LogP contribution in [-0.2, 0) is 9.59 Å². The van der Waals surface area contributed by atoms with Crippen molar-refractivity contribution in [2.24, 2.45) is 5.10 Å². The number of nitrogens with one attached hydrogen (secondary N) is 2.